The number of thiazole rings is 1. The van der Waals surface area contributed by atoms with Crippen molar-refractivity contribution in [3.8, 4) is 0 Å². The number of carbonyl (C=O) groups is 1. The molecule has 0 N–H and O–H groups in total. The highest BCUT2D eigenvalue weighted by Gasteiger charge is 2.36. The lowest BCUT2D eigenvalue weighted by Crippen LogP contribution is -2.24. The minimum atomic E-state index is -0.434. The normalized spacial score (nSPS) is 11.6. The standard InChI is InChI=1S/C27H24N2OS2/c1-29(2)26(30)25-24(31-20-28-25)18-19-32-27(21-12-6-3-7-13-21,22-14-8-4-9-15-22)23-16-10-5-11-17-23/h3-20H,1-2H3/b19-18-. The smallest absolute Gasteiger partial charge is 0.273 e. The molecule has 0 spiro atoms. The fourth-order valence-electron chi connectivity index (χ4n) is 3.67. The Balaban J connectivity index is 1.82. The number of hydrogen-bond acceptors (Lipinski definition) is 4. The molecule has 3 aromatic carbocycles. The molecule has 160 valence electrons. The molecule has 5 heteroatoms. The van der Waals surface area contributed by atoms with E-state index < -0.39 is 4.75 Å². The maximum absolute atomic E-state index is 12.5. The molecule has 0 saturated carbocycles. The maximum atomic E-state index is 12.5. The van der Waals surface area contributed by atoms with Crippen molar-refractivity contribution >= 4 is 35.1 Å². The zero-order chi connectivity index (χ0) is 22.4. The average Bonchev–Trinajstić information content (AvgIpc) is 3.31. The molecule has 4 rings (SSSR count). The Kier molecular flexibility index (Phi) is 6.88. The van der Waals surface area contributed by atoms with E-state index in [1.807, 2.05) is 24.3 Å². The van der Waals surface area contributed by atoms with E-state index in [0.29, 0.717) is 5.69 Å². The fraction of sp³-hybridized carbons (Fsp3) is 0.111. The summed E-state index contributed by atoms with van der Waals surface area (Å²) in [5.74, 6) is -0.0867. The fourth-order valence-corrected chi connectivity index (χ4v) is 5.65. The Morgan fingerprint density at radius 1 is 0.844 bits per heavy atom. The third-order valence-electron chi connectivity index (χ3n) is 5.21. The summed E-state index contributed by atoms with van der Waals surface area (Å²) in [4.78, 5) is 19.2. The molecule has 32 heavy (non-hydrogen) atoms. The number of nitrogens with zero attached hydrogens (tertiary/aromatic N) is 2. The largest absolute Gasteiger partial charge is 0.343 e. The maximum Gasteiger partial charge on any atom is 0.273 e. The van der Waals surface area contributed by atoms with Crippen molar-refractivity contribution in [3.63, 3.8) is 0 Å². The predicted octanol–water partition coefficient (Wildman–Crippen LogP) is 6.54. The number of hydrogen-bond donors (Lipinski definition) is 0. The zero-order valence-electron chi connectivity index (χ0n) is 18.0. The number of carbonyl (C=O) groups excluding carboxylic acids is 1. The lowest BCUT2D eigenvalue weighted by molar-refractivity contribution is 0.0822. The van der Waals surface area contributed by atoms with Crippen LogP contribution in [0.25, 0.3) is 6.08 Å². The van der Waals surface area contributed by atoms with Gasteiger partial charge in [0.05, 0.1) is 15.1 Å². The molecule has 0 radical (unpaired) electrons. The Morgan fingerprint density at radius 2 is 1.31 bits per heavy atom. The summed E-state index contributed by atoms with van der Waals surface area (Å²) in [6.07, 6.45) is 2.00. The van der Waals surface area contributed by atoms with Crippen molar-refractivity contribution in [1.29, 1.82) is 0 Å². The molecule has 0 aliphatic carbocycles. The van der Waals surface area contributed by atoms with Gasteiger partial charge in [-0.2, -0.15) is 0 Å². The average molecular weight is 457 g/mol. The van der Waals surface area contributed by atoms with Crippen LogP contribution in [0.15, 0.2) is 102 Å². The summed E-state index contributed by atoms with van der Waals surface area (Å²) >= 11 is 3.20. The van der Waals surface area contributed by atoms with Gasteiger partial charge in [-0.3, -0.25) is 4.79 Å². The molecule has 0 atom stereocenters. The zero-order valence-corrected chi connectivity index (χ0v) is 19.6. The molecular formula is C27H24N2OS2. The summed E-state index contributed by atoms with van der Waals surface area (Å²) in [6, 6.07) is 31.7. The van der Waals surface area contributed by atoms with Crippen molar-refractivity contribution in [3.05, 3.63) is 129 Å². The van der Waals surface area contributed by atoms with Crippen LogP contribution in [-0.4, -0.2) is 29.9 Å². The molecule has 0 bridgehead atoms. The third-order valence-corrected chi connectivity index (χ3v) is 7.34. The molecule has 3 nitrogen and oxygen atoms in total. The second kappa shape index (κ2) is 9.98. The molecular weight excluding hydrogens is 432 g/mol. The van der Waals surface area contributed by atoms with Crippen LogP contribution in [0.4, 0.5) is 0 Å². The van der Waals surface area contributed by atoms with Gasteiger partial charge in [-0.1, -0.05) is 91.0 Å². The number of rotatable bonds is 7. The number of benzene rings is 3. The minimum Gasteiger partial charge on any atom is -0.343 e. The summed E-state index contributed by atoms with van der Waals surface area (Å²) in [5, 5.41) is 2.09. The lowest BCUT2D eigenvalue weighted by atomic mass is 9.84. The number of thioether (sulfide) groups is 1. The predicted molar refractivity (Wildman–Crippen MR) is 136 cm³/mol. The van der Waals surface area contributed by atoms with Crippen molar-refractivity contribution in [2.45, 2.75) is 4.75 Å². The van der Waals surface area contributed by atoms with Crippen LogP contribution >= 0.6 is 23.1 Å². The number of aromatic nitrogens is 1. The van der Waals surface area contributed by atoms with Gasteiger partial charge < -0.3 is 4.90 Å². The van der Waals surface area contributed by atoms with E-state index in [0.717, 1.165) is 4.88 Å². The minimum absolute atomic E-state index is 0.0867. The quantitative estimate of drug-likeness (QED) is 0.296. The van der Waals surface area contributed by atoms with Crippen LogP contribution in [0.2, 0.25) is 0 Å². The first kappa shape index (κ1) is 22.1. The van der Waals surface area contributed by atoms with Crippen molar-refractivity contribution in [2.75, 3.05) is 14.1 Å². The second-order valence-electron chi connectivity index (χ2n) is 7.46. The van der Waals surface area contributed by atoms with Gasteiger partial charge >= 0.3 is 0 Å². The van der Waals surface area contributed by atoms with Gasteiger partial charge in [0, 0.05) is 14.1 Å². The van der Waals surface area contributed by atoms with E-state index >= 15 is 0 Å². The molecule has 0 aliphatic rings. The first-order valence-corrected chi connectivity index (χ1v) is 12.0. The van der Waals surface area contributed by atoms with E-state index in [2.05, 4.69) is 83.2 Å². The molecule has 1 heterocycles. The molecule has 1 amide bonds. The lowest BCUT2D eigenvalue weighted by Gasteiger charge is -2.34. The van der Waals surface area contributed by atoms with Gasteiger partial charge in [-0.25, -0.2) is 4.98 Å². The molecule has 0 unspecified atom stereocenters. The highest BCUT2D eigenvalue weighted by atomic mass is 32.2. The highest BCUT2D eigenvalue weighted by molar-refractivity contribution is 8.03. The van der Waals surface area contributed by atoms with Gasteiger partial charge in [-0.05, 0) is 28.2 Å². The monoisotopic (exact) mass is 456 g/mol. The van der Waals surface area contributed by atoms with E-state index in [9.17, 15) is 4.79 Å². The van der Waals surface area contributed by atoms with Crippen LogP contribution in [0.1, 0.15) is 32.1 Å². The van der Waals surface area contributed by atoms with Gasteiger partial charge in [0.25, 0.3) is 5.91 Å². The van der Waals surface area contributed by atoms with Crippen molar-refractivity contribution in [1.82, 2.24) is 9.88 Å². The van der Waals surface area contributed by atoms with Crippen LogP contribution < -0.4 is 0 Å². The van der Waals surface area contributed by atoms with E-state index in [1.165, 1.54) is 28.0 Å². The third kappa shape index (κ3) is 4.40. The van der Waals surface area contributed by atoms with Gasteiger partial charge in [0.2, 0.25) is 0 Å². The first-order valence-electron chi connectivity index (χ1n) is 10.3. The summed E-state index contributed by atoms with van der Waals surface area (Å²) in [6.45, 7) is 0. The highest BCUT2D eigenvalue weighted by Crippen LogP contribution is 2.49. The molecule has 0 saturated heterocycles. The first-order chi connectivity index (χ1) is 15.6. The SMILES string of the molecule is CN(C)C(=O)c1ncsc1/C=C\SC(c1ccccc1)(c1ccccc1)c1ccccc1. The molecule has 4 aromatic rings. The van der Waals surface area contributed by atoms with E-state index in [-0.39, 0.29) is 5.91 Å². The number of amides is 1. The topological polar surface area (TPSA) is 33.2 Å². The van der Waals surface area contributed by atoms with Crippen molar-refractivity contribution in [2.24, 2.45) is 0 Å². The van der Waals surface area contributed by atoms with E-state index in [1.54, 1.807) is 36.3 Å². The Labute approximate surface area is 197 Å². The summed E-state index contributed by atoms with van der Waals surface area (Å²) < 4.78 is -0.434. The second-order valence-corrected chi connectivity index (χ2v) is 9.47. The van der Waals surface area contributed by atoms with Crippen LogP contribution in [-0.2, 0) is 4.75 Å². The summed E-state index contributed by atoms with van der Waals surface area (Å²) in [7, 11) is 3.49. The summed E-state index contributed by atoms with van der Waals surface area (Å²) in [5.41, 5.74) is 5.80. The molecule has 0 fully saturated rings. The van der Waals surface area contributed by atoms with Crippen LogP contribution in [0, 0.1) is 0 Å². The van der Waals surface area contributed by atoms with Gasteiger partial charge in [0.1, 0.15) is 5.69 Å². The van der Waals surface area contributed by atoms with Gasteiger partial charge in [0.15, 0.2) is 0 Å². The molecule has 1 aromatic heterocycles. The van der Waals surface area contributed by atoms with Crippen LogP contribution in [0.5, 0.6) is 0 Å². The van der Waals surface area contributed by atoms with Crippen LogP contribution in [0.3, 0.4) is 0 Å². The van der Waals surface area contributed by atoms with E-state index in [4.69, 9.17) is 0 Å². The van der Waals surface area contributed by atoms with Gasteiger partial charge in [-0.15, -0.1) is 23.1 Å². The Bertz CT molecular complexity index is 1090. The Hall–Kier alpha value is -3.15. The molecule has 0 aliphatic heterocycles. The Morgan fingerprint density at radius 3 is 1.75 bits per heavy atom. The van der Waals surface area contributed by atoms with Crippen molar-refractivity contribution < 1.29 is 4.79 Å².